The van der Waals surface area contributed by atoms with E-state index in [0.717, 1.165) is 17.0 Å². The minimum absolute atomic E-state index is 0.120. The molecule has 0 bridgehead atoms. The van der Waals surface area contributed by atoms with Gasteiger partial charge in [-0.15, -0.1) is 11.3 Å². The van der Waals surface area contributed by atoms with Gasteiger partial charge in [0.05, 0.1) is 5.01 Å². The highest BCUT2D eigenvalue weighted by molar-refractivity contribution is 7.09. The van der Waals surface area contributed by atoms with Gasteiger partial charge in [-0.05, 0) is 11.6 Å². The minimum atomic E-state index is -0.120. The fraction of sp³-hybridized carbons (Fsp3) is 0.167. The highest BCUT2D eigenvalue weighted by Crippen LogP contribution is 2.18. The molecule has 122 valence electrons. The number of benzene rings is 1. The van der Waals surface area contributed by atoms with Crippen LogP contribution in [0.4, 0.5) is 0 Å². The molecule has 2 aromatic heterocycles. The molecule has 3 aromatic rings. The lowest BCUT2D eigenvalue weighted by Gasteiger charge is -2.16. The second-order valence-electron chi connectivity index (χ2n) is 5.40. The van der Waals surface area contributed by atoms with E-state index < -0.39 is 0 Å². The number of hydrogen-bond acceptors (Lipinski definition) is 4. The van der Waals surface area contributed by atoms with Crippen LogP contribution in [0.1, 0.15) is 26.6 Å². The average Bonchev–Trinajstić information content (AvgIpc) is 3.05. The van der Waals surface area contributed by atoms with Crippen molar-refractivity contribution < 1.29 is 4.79 Å². The van der Waals surface area contributed by atoms with Crippen molar-refractivity contribution in [3.05, 3.63) is 81.0 Å². The third-order valence-corrected chi connectivity index (χ3v) is 4.75. The van der Waals surface area contributed by atoms with Crippen molar-refractivity contribution >= 4 is 28.8 Å². The number of amides is 1. The van der Waals surface area contributed by atoms with Gasteiger partial charge in [-0.3, -0.25) is 4.79 Å². The lowest BCUT2D eigenvalue weighted by molar-refractivity contribution is 0.0780. The molecule has 0 unspecified atom stereocenters. The van der Waals surface area contributed by atoms with Gasteiger partial charge in [0.2, 0.25) is 0 Å². The molecule has 0 radical (unpaired) electrons. The molecule has 0 aliphatic heterocycles. The van der Waals surface area contributed by atoms with Crippen molar-refractivity contribution in [3.8, 4) is 0 Å². The van der Waals surface area contributed by atoms with Gasteiger partial charge in [-0.25, -0.2) is 9.97 Å². The first-order valence-electron chi connectivity index (χ1n) is 7.46. The van der Waals surface area contributed by atoms with Crippen molar-refractivity contribution in [2.24, 2.45) is 0 Å². The van der Waals surface area contributed by atoms with E-state index in [9.17, 15) is 4.79 Å². The summed E-state index contributed by atoms with van der Waals surface area (Å²) in [5.74, 6) is -0.120. The van der Waals surface area contributed by atoms with Crippen LogP contribution in [0.25, 0.3) is 0 Å². The molecule has 0 saturated carbocycles. The summed E-state index contributed by atoms with van der Waals surface area (Å²) in [5, 5.41) is 3.15. The van der Waals surface area contributed by atoms with Gasteiger partial charge < -0.3 is 4.90 Å². The van der Waals surface area contributed by atoms with E-state index in [1.165, 1.54) is 16.9 Å². The molecule has 3 rings (SSSR count). The Labute approximate surface area is 149 Å². The van der Waals surface area contributed by atoms with Crippen LogP contribution in [-0.4, -0.2) is 27.8 Å². The average molecular weight is 358 g/mol. The van der Waals surface area contributed by atoms with E-state index in [1.807, 2.05) is 29.6 Å². The highest BCUT2D eigenvalue weighted by Gasteiger charge is 2.17. The maximum Gasteiger partial charge on any atom is 0.273 e. The molecule has 6 heteroatoms. The smallest absolute Gasteiger partial charge is 0.273 e. The number of aromatic nitrogens is 2. The summed E-state index contributed by atoms with van der Waals surface area (Å²) in [5.41, 5.74) is 2.46. The van der Waals surface area contributed by atoms with Crippen LogP contribution in [-0.2, 0) is 13.0 Å². The number of pyridine rings is 1. The number of rotatable bonds is 5. The van der Waals surface area contributed by atoms with Crippen molar-refractivity contribution in [1.29, 1.82) is 0 Å². The molecule has 4 nitrogen and oxygen atoms in total. The first kappa shape index (κ1) is 16.6. The number of nitrogens with zero attached hydrogens (tertiary/aromatic N) is 3. The topological polar surface area (TPSA) is 46.1 Å². The molecule has 0 saturated heterocycles. The third-order valence-electron chi connectivity index (χ3n) is 3.56. The molecule has 0 atom stereocenters. The molecule has 1 amide bonds. The van der Waals surface area contributed by atoms with Crippen LogP contribution < -0.4 is 0 Å². The fourth-order valence-corrected chi connectivity index (χ4v) is 3.30. The minimum Gasteiger partial charge on any atom is -0.336 e. The van der Waals surface area contributed by atoms with Crippen LogP contribution in [0, 0.1) is 0 Å². The summed E-state index contributed by atoms with van der Waals surface area (Å²) < 4.78 is 0. The Balaban J connectivity index is 1.68. The molecule has 0 fully saturated rings. The van der Waals surface area contributed by atoms with Gasteiger partial charge in [0.1, 0.15) is 10.8 Å². The summed E-state index contributed by atoms with van der Waals surface area (Å²) >= 11 is 7.55. The van der Waals surface area contributed by atoms with E-state index in [2.05, 4.69) is 22.1 Å². The molecule has 1 aromatic carbocycles. The Kier molecular flexibility index (Phi) is 5.23. The fourth-order valence-electron chi connectivity index (χ4n) is 2.32. The molecule has 2 heterocycles. The third kappa shape index (κ3) is 3.99. The lowest BCUT2D eigenvalue weighted by atomic mass is 10.2. The van der Waals surface area contributed by atoms with Gasteiger partial charge >= 0.3 is 0 Å². The van der Waals surface area contributed by atoms with Gasteiger partial charge in [-0.1, -0.05) is 48.0 Å². The summed E-state index contributed by atoms with van der Waals surface area (Å²) in [6, 6.07) is 13.8. The maximum atomic E-state index is 12.5. The Morgan fingerprint density at radius 1 is 1.21 bits per heavy atom. The van der Waals surface area contributed by atoms with E-state index in [1.54, 1.807) is 24.2 Å². The Morgan fingerprint density at radius 3 is 2.75 bits per heavy atom. The number of thiazole rings is 1. The number of hydrogen-bond donors (Lipinski definition) is 0. The van der Waals surface area contributed by atoms with Crippen LogP contribution in [0.15, 0.2) is 54.0 Å². The molecule has 24 heavy (non-hydrogen) atoms. The maximum absolute atomic E-state index is 12.5. The SMILES string of the molecule is CN(Cc1cccnc1Cl)C(=O)c1csc(Cc2ccccc2)n1. The molecular weight excluding hydrogens is 342 g/mol. The Morgan fingerprint density at radius 2 is 2.00 bits per heavy atom. The molecule has 0 spiro atoms. The molecule has 0 N–H and O–H groups in total. The van der Waals surface area contributed by atoms with E-state index in [4.69, 9.17) is 11.6 Å². The predicted molar refractivity (Wildman–Crippen MR) is 96.4 cm³/mol. The molecule has 0 aliphatic carbocycles. The second-order valence-corrected chi connectivity index (χ2v) is 6.70. The Hall–Kier alpha value is -2.24. The largest absolute Gasteiger partial charge is 0.336 e. The number of carbonyl (C=O) groups excluding carboxylic acids is 1. The standard InChI is InChI=1S/C18H16ClN3OS/c1-22(11-14-8-5-9-20-17(14)19)18(23)15-12-24-16(21-15)10-13-6-3-2-4-7-13/h2-9,12H,10-11H2,1H3. The van der Waals surface area contributed by atoms with Gasteiger partial charge in [0.15, 0.2) is 0 Å². The zero-order valence-electron chi connectivity index (χ0n) is 13.1. The van der Waals surface area contributed by atoms with Crippen molar-refractivity contribution in [2.45, 2.75) is 13.0 Å². The van der Waals surface area contributed by atoms with Gasteiger partial charge in [0.25, 0.3) is 5.91 Å². The van der Waals surface area contributed by atoms with Crippen LogP contribution in [0.3, 0.4) is 0 Å². The highest BCUT2D eigenvalue weighted by atomic mass is 35.5. The summed E-state index contributed by atoms with van der Waals surface area (Å²) in [6.07, 6.45) is 2.36. The van der Waals surface area contributed by atoms with Gasteiger partial charge in [0, 0.05) is 37.2 Å². The van der Waals surface area contributed by atoms with Crippen molar-refractivity contribution in [1.82, 2.24) is 14.9 Å². The number of carbonyl (C=O) groups is 1. The van der Waals surface area contributed by atoms with Crippen LogP contribution in [0.5, 0.6) is 0 Å². The first-order valence-corrected chi connectivity index (χ1v) is 8.72. The normalized spacial score (nSPS) is 10.6. The van der Waals surface area contributed by atoms with Crippen LogP contribution >= 0.6 is 22.9 Å². The molecule has 0 aliphatic rings. The summed E-state index contributed by atoms with van der Waals surface area (Å²) in [4.78, 5) is 22.6. The van der Waals surface area contributed by atoms with Crippen molar-refractivity contribution in [2.75, 3.05) is 7.05 Å². The summed E-state index contributed by atoms with van der Waals surface area (Å²) in [7, 11) is 1.74. The molecular formula is C18H16ClN3OS. The number of halogens is 1. The van der Waals surface area contributed by atoms with Crippen LogP contribution in [0.2, 0.25) is 5.15 Å². The van der Waals surface area contributed by atoms with E-state index >= 15 is 0 Å². The van der Waals surface area contributed by atoms with Crippen molar-refractivity contribution in [3.63, 3.8) is 0 Å². The first-order chi connectivity index (χ1) is 11.6. The zero-order valence-corrected chi connectivity index (χ0v) is 14.7. The van der Waals surface area contributed by atoms with E-state index in [-0.39, 0.29) is 5.91 Å². The Bertz CT molecular complexity index is 835. The van der Waals surface area contributed by atoms with Gasteiger partial charge in [-0.2, -0.15) is 0 Å². The lowest BCUT2D eigenvalue weighted by Crippen LogP contribution is -2.26. The monoisotopic (exact) mass is 357 g/mol. The predicted octanol–water partition coefficient (Wildman–Crippen LogP) is 4.05. The van der Waals surface area contributed by atoms with E-state index in [0.29, 0.717) is 17.4 Å². The zero-order chi connectivity index (χ0) is 16.9. The quantitative estimate of drug-likeness (QED) is 0.647. The summed E-state index contributed by atoms with van der Waals surface area (Å²) in [6.45, 7) is 0.400. The second kappa shape index (κ2) is 7.55.